The van der Waals surface area contributed by atoms with E-state index in [0.29, 0.717) is 17.9 Å². The number of benzene rings is 1. The van der Waals surface area contributed by atoms with Gasteiger partial charge in [0.05, 0.1) is 16.9 Å². The van der Waals surface area contributed by atoms with Crippen molar-refractivity contribution in [3.05, 3.63) is 53.7 Å². The minimum Gasteiger partial charge on any atom is -0.386 e. The molecule has 0 saturated heterocycles. The molecule has 0 saturated carbocycles. The minimum absolute atomic E-state index is 0.448. The number of aryl methyl sites for hydroxylation is 2. The Morgan fingerprint density at radius 1 is 1.24 bits per heavy atom. The van der Waals surface area contributed by atoms with Gasteiger partial charge in [-0.15, -0.1) is 0 Å². The summed E-state index contributed by atoms with van der Waals surface area (Å²) in [6.45, 7) is 4.69. The van der Waals surface area contributed by atoms with Gasteiger partial charge in [0, 0.05) is 24.5 Å². The Hall–Kier alpha value is -2.27. The van der Waals surface area contributed by atoms with E-state index in [9.17, 15) is 5.11 Å². The molecule has 2 heterocycles. The van der Waals surface area contributed by atoms with E-state index in [1.54, 1.807) is 12.3 Å². The van der Waals surface area contributed by atoms with Crippen molar-refractivity contribution in [1.82, 2.24) is 19.7 Å². The molecule has 1 atom stereocenters. The van der Waals surface area contributed by atoms with Crippen LogP contribution in [-0.4, -0.2) is 24.9 Å². The topological polar surface area (TPSA) is 63.8 Å². The van der Waals surface area contributed by atoms with E-state index in [0.717, 1.165) is 23.1 Å². The molecule has 5 nitrogen and oxygen atoms in total. The Labute approximate surface area is 123 Å². The molecule has 0 amide bonds. The molecule has 0 aliphatic carbocycles. The Morgan fingerprint density at radius 2 is 2.05 bits per heavy atom. The summed E-state index contributed by atoms with van der Waals surface area (Å²) in [5.41, 5.74) is 2.63. The quantitative estimate of drug-likeness (QED) is 0.798. The van der Waals surface area contributed by atoms with Crippen LogP contribution in [0.4, 0.5) is 0 Å². The van der Waals surface area contributed by atoms with Crippen LogP contribution in [0.1, 0.15) is 30.2 Å². The van der Waals surface area contributed by atoms with Gasteiger partial charge in [-0.3, -0.25) is 4.68 Å². The van der Waals surface area contributed by atoms with E-state index in [-0.39, 0.29) is 0 Å². The van der Waals surface area contributed by atoms with Crippen molar-refractivity contribution in [1.29, 1.82) is 0 Å². The average molecular weight is 282 g/mol. The highest BCUT2D eigenvalue weighted by Gasteiger charge is 2.16. The lowest BCUT2D eigenvalue weighted by molar-refractivity contribution is 0.172. The molecule has 3 aromatic rings. The molecule has 108 valence electrons. The summed E-state index contributed by atoms with van der Waals surface area (Å²) in [7, 11) is 0. The highest BCUT2D eigenvalue weighted by Crippen LogP contribution is 2.23. The van der Waals surface area contributed by atoms with Crippen LogP contribution in [0.2, 0.25) is 0 Å². The van der Waals surface area contributed by atoms with Crippen molar-refractivity contribution >= 4 is 10.9 Å². The van der Waals surface area contributed by atoms with Gasteiger partial charge in [-0.25, -0.2) is 9.97 Å². The van der Waals surface area contributed by atoms with Crippen LogP contribution in [0.15, 0.2) is 36.5 Å². The second kappa shape index (κ2) is 5.61. The summed E-state index contributed by atoms with van der Waals surface area (Å²) < 4.78 is 1.96. The van der Waals surface area contributed by atoms with Crippen molar-refractivity contribution in [3.8, 4) is 0 Å². The lowest BCUT2D eigenvalue weighted by atomic mass is 10.1. The molecule has 5 heteroatoms. The highest BCUT2D eigenvalue weighted by molar-refractivity contribution is 5.82. The van der Waals surface area contributed by atoms with Crippen molar-refractivity contribution in [2.45, 2.75) is 32.9 Å². The molecule has 0 fully saturated rings. The summed E-state index contributed by atoms with van der Waals surface area (Å²) >= 11 is 0. The predicted octanol–water partition coefficient (Wildman–Crippen LogP) is 2.43. The maximum Gasteiger partial charge on any atom is 0.125 e. The van der Waals surface area contributed by atoms with Gasteiger partial charge in [0.15, 0.2) is 0 Å². The molecule has 0 spiro atoms. The number of hydrogen-bond acceptors (Lipinski definition) is 4. The molecular weight excluding hydrogens is 264 g/mol. The summed E-state index contributed by atoms with van der Waals surface area (Å²) in [6.07, 6.45) is 1.45. The van der Waals surface area contributed by atoms with E-state index in [1.807, 2.05) is 29.8 Å². The Bertz CT molecular complexity index is 766. The maximum absolute atomic E-state index is 10.4. The van der Waals surface area contributed by atoms with Gasteiger partial charge >= 0.3 is 0 Å². The van der Waals surface area contributed by atoms with E-state index < -0.39 is 6.10 Å². The number of aromatic nitrogens is 4. The van der Waals surface area contributed by atoms with E-state index in [1.165, 1.54) is 0 Å². The zero-order valence-corrected chi connectivity index (χ0v) is 12.2. The van der Waals surface area contributed by atoms with E-state index in [2.05, 4.69) is 28.1 Å². The number of fused-ring (bicyclic) bond motifs is 1. The first kappa shape index (κ1) is 13.7. The van der Waals surface area contributed by atoms with Crippen LogP contribution in [0.5, 0.6) is 0 Å². The molecule has 0 aliphatic rings. The Morgan fingerprint density at radius 3 is 2.81 bits per heavy atom. The normalized spacial score (nSPS) is 12.7. The molecule has 0 bridgehead atoms. The van der Waals surface area contributed by atoms with Crippen molar-refractivity contribution in [3.63, 3.8) is 0 Å². The lowest BCUT2D eigenvalue weighted by Crippen LogP contribution is -2.07. The van der Waals surface area contributed by atoms with Gasteiger partial charge in [-0.05, 0) is 26.0 Å². The van der Waals surface area contributed by atoms with Crippen LogP contribution in [0.25, 0.3) is 10.9 Å². The molecule has 2 aromatic heterocycles. The molecular formula is C16H18N4O. The first-order chi connectivity index (χ1) is 10.2. The molecule has 1 unspecified atom stereocenters. The van der Waals surface area contributed by atoms with Gasteiger partial charge in [0.1, 0.15) is 11.9 Å². The monoisotopic (exact) mass is 282 g/mol. The zero-order chi connectivity index (χ0) is 14.8. The Balaban J connectivity index is 1.94. The van der Waals surface area contributed by atoms with Crippen LogP contribution >= 0.6 is 0 Å². The summed E-state index contributed by atoms with van der Waals surface area (Å²) in [5.74, 6) is 0.662. The van der Waals surface area contributed by atoms with E-state index >= 15 is 0 Å². The van der Waals surface area contributed by atoms with E-state index in [4.69, 9.17) is 0 Å². The average Bonchev–Trinajstić information content (AvgIpc) is 2.85. The number of hydrogen-bond donors (Lipinski definition) is 1. The third kappa shape index (κ3) is 2.64. The van der Waals surface area contributed by atoms with Gasteiger partial charge in [-0.2, -0.15) is 5.10 Å². The van der Waals surface area contributed by atoms with Crippen LogP contribution in [0, 0.1) is 6.92 Å². The lowest BCUT2D eigenvalue weighted by Gasteiger charge is -2.08. The van der Waals surface area contributed by atoms with Gasteiger partial charge in [0.2, 0.25) is 0 Å². The van der Waals surface area contributed by atoms with Crippen LogP contribution in [-0.2, 0) is 13.0 Å². The third-order valence-electron chi connectivity index (χ3n) is 3.56. The summed E-state index contributed by atoms with van der Waals surface area (Å²) in [5, 5.41) is 16.1. The number of para-hydroxylation sites is 1. The van der Waals surface area contributed by atoms with Crippen LogP contribution < -0.4 is 0 Å². The fourth-order valence-electron chi connectivity index (χ4n) is 2.54. The molecule has 1 aromatic carbocycles. The standard InChI is InChI=1S/C16H18N4O/c1-3-20-15-7-5-4-6-12(15)14(19-20)10-16(21)13-8-9-17-11(2)18-13/h4-9,16,21H,3,10H2,1-2H3. The van der Waals surface area contributed by atoms with Crippen molar-refractivity contribution in [2.75, 3.05) is 0 Å². The second-order valence-electron chi connectivity index (χ2n) is 5.03. The van der Waals surface area contributed by atoms with Gasteiger partial charge < -0.3 is 5.11 Å². The van der Waals surface area contributed by atoms with Crippen molar-refractivity contribution in [2.24, 2.45) is 0 Å². The number of nitrogens with zero attached hydrogens (tertiary/aromatic N) is 4. The maximum atomic E-state index is 10.4. The number of rotatable bonds is 4. The first-order valence-corrected chi connectivity index (χ1v) is 7.11. The van der Waals surface area contributed by atoms with Crippen molar-refractivity contribution < 1.29 is 5.11 Å². The van der Waals surface area contributed by atoms with Gasteiger partial charge in [-0.1, -0.05) is 18.2 Å². The number of aliphatic hydroxyl groups is 1. The molecule has 3 rings (SSSR count). The fourth-order valence-corrected chi connectivity index (χ4v) is 2.54. The third-order valence-corrected chi connectivity index (χ3v) is 3.56. The van der Waals surface area contributed by atoms with Crippen LogP contribution in [0.3, 0.4) is 0 Å². The molecule has 1 N–H and O–H groups in total. The smallest absolute Gasteiger partial charge is 0.125 e. The summed E-state index contributed by atoms with van der Waals surface area (Å²) in [6, 6.07) is 9.84. The first-order valence-electron chi connectivity index (χ1n) is 7.11. The highest BCUT2D eigenvalue weighted by atomic mass is 16.3. The summed E-state index contributed by atoms with van der Waals surface area (Å²) in [4.78, 5) is 8.34. The molecule has 21 heavy (non-hydrogen) atoms. The Kier molecular flexibility index (Phi) is 3.66. The zero-order valence-electron chi connectivity index (χ0n) is 12.2. The van der Waals surface area contributed by atoms with Gasteiger partial charge in [0.25, 0.3) is 0 Å². The molecule has 0 radical (unpaired) electrons. The predicted molar refractivity (Wildman–Crippen MR) is 80.8 cm³/mol. The molecule has 0 aliphatic heterocycles. The minimum atomic E-state index is -0.671. The SMILES string of the molecule is CCn1nc(CC(O)c2ccnc(C)n2)c2ccccc21. The largest absolute Gasteiger partial charge is 0.386 e. The fraction of sp³-hybridized carbons (Fsp3) is 0.312. The number of aliphatic hydroxyl groups excluding tert-OH is 1. The second-order valence-corrected chi connectivity index (χ2v) is 5.03.